The van der Waals surface area contributed by atoms with Gasteiger partial charge in [-0.2, -0.15) is 0 Å². The number of carbonyl (C=O) groups excluding carboxylic acids is 1. The molecule has 0 spiro atoms. The van der Waals surface area contributed by atoms with Crippen LogP contribution in [0.5, 0.6) is 11.5 Å². The van der Waals surface area contributed by atoms with Crippen molar-refractivity contribution in [1.29, 1.82) is 0 Å². The van der Waals surface area contributed by atoms with E-state index < -0.39 is 0 Å². The molecule has 0 fully saturated rings. The van der Waals surface area contributed by atoms with Gasteiger partial charge in [0.25, 0.3) is 0 Å². The highest BCUT2D eigenvalue weighted by molar-refractivity contribution is 9.11. The summed E-state index contributed by atoms with van der Waals surface area (Å²) in [6.07, 6.45) is 3.29. The molecule has 0 saturated carbocycles. The number of rotatable bonds is 7. The van der Waals surface area contributed by atoms with E-state index in [0.717, 1.165) is 8.66 Å². The Bertz CT molecular complexity index is 697. The highest BCUT2D eigenvalue weighted by Gasteiger charge is 2.07. The van der Waals surface area contributed by atoms with Gasteiger partial charge in [-0.3, -0.25) is 4.79 Å². The minimum Gasteiger partial charge on any atom is -0.490 e. The fourth-order valence-electron chi connectivity index (χ4n) is 1.89. The Kier molecular flexibility index (Phi) is 6.67. The third-order valence-corrected chi connectivity index (χ3v) is 4.39. The van der Waals surface area contributed by atoms with E-state index in [1.807, 2.05) is 26.0 Å². The minimum absolute atomic E-state index is 0.193. The number of hydrogen-bond acceptors (Lipinski definition) is 4. The van der Waals surface area contributed by atoms with E-state index in [4.69, 9.17) is 9.47 Å². The van der Waals surface area contributed by atoms with Gasteiger partial charge in [0, 0.05) is 22.7 Å². The Morgan fingerprint density at radius 2 is 1.91 bits per heavy atom. The summed E-state index contributed by atoms with van der Waals surface area (Å²) in [6, 6.07) is 9.25. The Hall–Kier alpha value is -1.79. The first-order valence-electron chi connectivity index (χ1n) is 7.26. The second-order valence-corrected chi connectivity index (χ2v) is 6.99. The summed E-state index contributed by atoms with van der Waals surface area (Å²) in [5, 5.41) is 2.82. The van der Waals surface area contributed by atoms with Crippen molar-refractivity contribution in [2.24, 2.45) is 0 Å². The molecule has 0 aliphatic heterocycles. The van der Waals surface area contributed by atoms with E-state index >= 15 is 0 Å². The number of anilines is 1. The van der Waals surface area contributed by atoms with Gasteiger partial charge in [-0.1, -0.05) is 0 Å². The van der Waals surface area contributed by atoms with E-state index in [1.165, 1.54) is 6.08 Å². The van der Waals surface area contributed by atoms with Gasteiger partial charge in [0.15, 0.2) is 11.5 Å². The Morgan fingerprint density at radius 1 is 1.17 bits per heavy atom. The van der Waals surface area contributed by atoms with E-state index in [-0.39, 0.29) is 5.91 Å². The molecule has 1 aromatic heterocycles. The van der Waals surface area contributed by atoms with Crippen LogP contribution in [-0.4, -0.2) is 19.1 Å². The van der Waals surface area contributed by atoms with Gasteiger partial charge in [-0.25, -0.2) is 0 Å². The van der Waals surface area contributed by atoms with E-state index in [2.05, 4.69) is 21.2 Å². The number of halogens is 1. The van der Waals surface area contributed by atoms with Gasteiger partial charge in [0.05, 0.1) is 17.0 Å². The summed E-state index contributed by atoms with van der Waals surface area (Å²) in [7, 11) is 0. The minimum atomic E-state index is -0.193. The van der Waals surface area contributed by atoms with Crippen LogP contribution in [0.15, 0.2) is 40.2 Å². The zero-order valence-corrected chi connectivity index (χ0v) is 15.4. The maximum absolute atomic E-state index is 12.0. The molecule has 2 rings (SSSR count). The lowest BCUT2D eigenvalue weighted by Gasteiger charge is -2.12. The number of amides is 1. The molecule has 0 bridgehead atoms. The number of thiophene rings is 1. The zero-order chi connectivity index (χ0) is 16.7. The predicted molar refractivity (Wildman–Crippen MR) is 98.5 cm³/mol. The first kappa shape index (κ1) is 17.6. The second kappa shape index (κ2) is 8.74. The molecule has 1 amide bonds. The summed E-state index contributed by atoms with van der Waals surface area (Å²) in [5.74, 6) is 1.10. The molecule has 1 heterocycles. The van der Waals surface area contributed by atoms with E-state index in [0.29, 0.717) is 30.4 Å². The van der Waals surface area contributed by atoms with Crippen LogP contribution in [0, 0.1) is 0 Å². The lowest BCUT2D eigenvalue weighted by molar-refractivity contribution is -0.111. The van der Waals surface area contributed by atoms with Crippen LogP contribution in [0.25, 0.3) is 6.08 Å². The topological polar surface area (TPSA) is 47.6 Å². The Labute approximate surface area is 148 Å². The molecule has 122 valence electrons. The van der Waals surface area contributed by atoms with E-state index in [9.17, 15) is 4.79 Å². The van der Waals surface area contributed by atoms with Gasteiger partial charge in [0.2, 0.25) is 5.91 Å². The fourth-order valence-corrected chi connectivity index (χ4v) is 3.21. The zero-order valence-electron chi connectivity index (χ0n) is 13.0. The fraction of sp³-hybridized carbons (Fsp3) is 0.235. The molecule has 0 aliphatic rings. The first-order valence-corrected chi connectivity index (χ1v) is 8.87. The van der Waals surface area contributed by atoms with Crippen molar-refractivity contribution in [2.45, 2.75) is 13.8 Å². The largest absolute Gasteiger partial charge is 0.490 e. The van der Waals surface area contributed by atoms with Gasteiger partial charge in [0.1, 0.15) is 0 Å². The molecule has 1 N–H and O–H groups in total. The molecule has 0 atom stereocenters. The summed E-state index contributed by atoms with van der Waals surface area (Å²) < 4.78 is 12.1. The van der Waals surface area contributed by atoms with Crippen molar-refractivity contribution in [2.75, 3.05) is 18.5 Å². The molecule has 0 radical (unpaired) electrons. The maximum Gasteiger partial charge on any atom is 0.248 e. The third-order valence-electron chi connectivity index (χ3n) is 2.80. The SMILES string of the molecule is CCOc1ccc(NC(=O)/C=C/c2ccc(Br)s2)cc1OCC. The Morgan fingerprint density at radius 3 is 2.57 bits per heavy atom. The second-order valence-electron chi connectivity index (χ2n) is 4.49. The summed E-state index contributed by atoms with van der Waals surface area (Å²) in [5.41, 5.74) is 0.666. The molecule has 4 nitrogen and oxygen atoms in total. The van der Waals surface area contributed by atoms with Gasteiger partial charge >= 0.3 is 0 Å². The average Bonchev–Trinajstić information content (AvgIpc) is 2.94. The third kappa shape index (κ3) is 5.41. The normalized spacial score (nSPS) is 10.7. The Balaban J connectivity index is 2.05. The first-order chi connectivity index (χ1) is 11.1. The average molecular weight is 396 g/mol. The van der Waals surface area contributed by atoms with Crippen LogP contribution in [0.4, 0.5) is 5.69 Å². The van der Waals surface area contributed by atoms with Gasteiger partial charge in [-0.05, 0) is 60.1 Å². The molecule has 23 heavy (non-hydrogen) atoms. The molecular formula is C17H18BrNO3S. The predicted octanol–water partition coefficient (Wildman–Crippen LogP) is 4.96. The maximum atomic E-state index is 12.0. The number of ether oxygens (including phenoxy) is 2. The van der Waals surface area contributed by atoms with Crippen molar-refractivity contribution < 1.29 is 14.3 Å². The molecule has 0 saturated heterocycles. The number of hydrogen-bond donors (Lipinski definition) is 1. The lowest BCUT2D eigenvalue weighted by Crippen LogP contribution is -2.08. The van der Waals surface area contributed by atoms with Crippen LogP contribution in [0.3, 0.4) is 0 Å². The van der Waals surface area contributed by atoms with Gasteiger partial charge < -0.3 is 14.8 Å². The van der Waals surface area contributed by atoms with Crippen molar-refractivity contribution in [1.82, 2.24) is 0 Å². The molecule has 0 unspecified atom stereocenters. The van der Waals surface area contributed by atoms with Crippen LogP contribution >= 0.6 is 27.3 Å². The van der Waals surface area contributed by atoms with Crippen LogP contribution in [-0.2, 0) is 4.79 Å². The monoisotopic (exact) mass is 395 g/mol. The van der Waals surface area contributed by atoms with E-state index in [1.54, 1.807) is 35.6 Å². The van der Waals surface area contributed by atoms with Crippen molar-refractivity contribution in [3.05, 3.63) is 45.1 Å². The molecule has 2 aromatic rings. The standard InChI is InChI=1S/C17H18BrNO3S/c1-3-21-14-8-5-12(11-15(14)22-4-2)19-17(20)10-7-13-6-9-16(18)23-13/h5-11H,3-4H2,1-2H3,(H,19,20)/b10-7+. The molecule has 0 aliphatic carbocycles. The summed E-state index contributed by atoms with van der Waals surface area (Å²) >= 11 is 4.96. The van der Waals surface area contributed by atoms with Crippen molar-refractivity contribution in [3.63, 3.8) is 0 Å². The molecular weight excluding hydrogens is 378 g/mol. The number of benzene rings is 1. The molecule has 1 aromatic carbocycles. The highest BCUT2D eigenvalue weighted by atomic mass is 79.9. The van der Waals surface area contributed by atoms with Crippen LogP contribution in [0.1, 0.15) is 18.7 Å². The van der Waals surface area contributed by atoms with Gasteiger partial charge in [-0.15, -0.1) is 11.3 Å². The lowest BCUT2D eigenvalue weighted by atomic mass is 10.2. The smallest absolute Gasteiger partial charge is 0.248 e. The quantitative estimate of drug-likeness (QED) is 0.673. The van der Waals surface area contributed by atoms with Crippen molar-refractivity contribution in [3.8, 4) is 11.5 Å². The van der Waals surface area contributed by atoms with Crippen molar-refractivity contribution >= 4 is 44.9 Å². The number of nitrogens with one attached hydrogen (secondary N) is 1. The summed E-state index contributed by atoms with van der Waals surface area (Å²) in [6.45, 7) is 4.91. The van der Waals surface area contributed by atoms with Crippen LogP contribution in [0.2, 0.25) is 0 Å². The summed E-state index contributed by atoms with van der Waals surface area (Å²) in [4.78, 5) is 13.0. The van der Waals surface area contributed by atoms with Crippen LogP contribution < -0.4 is 14.8 Å². The number of carbonyl (C=O) groups is 1. The molecule has 6 heteroatoms. The highest BCUT2D eigenvalue weighted by Crippen LogP contribution is 2.30.